The van der Waals surface area contributed by atoms with Crippen molar-refractivity contribution in [2.75, 3.05) is 4.90 Å². The van der Waals surface area contributed by atoms with Gasteiger partial charge >= 0.3 is 0 Å². The summed E-state index contributed by atoms with van der Waals surface area (Å²) in [4.78, 5) is 6.86. The smallest absolute Gasteiger partial charge is 0.174 e. The first-order valence-corrected chi connectivity index (χ1v) is 11.9. The molecule has 2 aromatic carbocycles. The van der Waals surface area contributed by atoms with E-state index in [0.717, 1.165) is 40.4 Å². The Morgan fingerprint density at radius 2 is 1.68 bits per heavy atom. The second-order valence-electron chi connectivity index (χ2n) is 8.65. The van der Waals surface area contributed by atoms with E-state index in [-0.39, 0.29) is 17.9 Å². The van der Waals surface area contributed by atoms with Gasteiger partial charge in [-0.15, -0.1) is 0 Å². The van der Waals surface area contributed by atoms with Gasteiger partial charge in [0.25, 0.3) is 0 Å². The number of anilines is 1. The van der Waals surface area contributed by atoms with Gasteiger partial charge in [-0.3, -0.25) is 4.98 Å². The lowest BCUT2D eigenvalue weighted by molar-refractivity contribution is 0.565. The summed E-state index contributed by atoms with van der Waals surface area (Å²) >= 11 is 5.87. The van der Waals surface area contributed by atoms with Crippen LogP contribution in [-0.4, -0.2) is 14.7 Å². The molecule has 1 saturated heterocycles. The molecule has 2 aromatic heterocycles. The zero-order valence-electron chi connectivity index (χ0n) is 19.5. The third-order valence-electron chi connectivity index (χ3n) is 6.59. The van der Waals surface area contributed by atoms with Crippen LogP contribution in [0.25, 0.3) is 5.69 Å². The number of hydrogen-bond donors (Lipinski definition) is 1. The third-order valence-corrected chi connectivity index (χ3v) is 6.91. The number of rotatable bonds is 5. The molecular weight excluding hydrogens is 443 g/mol. The summed E-state index contributed by atoms with van der Waals surface area (Å²) in [5.74, 6) is -0.242. The van der Waals surface area contributed by atoms with Gasteiger partial charge in [0.2, 0.25) is 0 Å². The molecule has 0 radical (unpaired) electrons. The van der Waals surface area contributed by atoms with Gasteiger partial charge < -0.3 is 14.8 Å². The molecule has 34 heavy (non-hydrogen) atoms. The first-order chi connectivity index (χ1) is 16.5. The van der Waals surface area contributed by atoms with Crippen LogP contribution in [0.1, 0.15) is 47.2 Å². The molecule has 3 heterocycles. The van der Waals surface area contributed by atoms with Gasteiger partial charge in [0.05, 0.1) is 17.8 Å². The normalized spacial score (nSPS) is 17.8. The van der Waals surface area contributed by atoms with Crippen LogP contribution in [0.3, 0.4) is 0 Å². The summed E-state index contributed by atoms with van der Waals surface area (Å²) in [5.41, 5.74) is 7.54. The molecule has 1 aliphatic heterocycles. The van der Waals surface area contributed by atoms with E-state index in [4.69, 9.17) is 12.2 Å². The summed E-state index contributed by atoms with van der Waals surface area (Å²) < 4.78 is 15.8. The first kappa shape index (κ1) is 22.3. The van der Waals surface area contributed by atoms with E-state index in [2.05, 4.69) is 70.9 Å². The fourth-order valence-corrected chi connectivity index (χ4v) is 5.26. The van der Waals surface area contributed by atoms with E-state index in [1.54, 1.807) is 0 Å². The van der Waals surface area contributed by atoms with E-state index in [0.29, 0.717) is 5.11 Å². The maximum Gasteiger partial charge on any atom is 0.174 e. The maximum atomic E-state index is 13.6. The Balaban J connectivity index is 1.66. The highest BCUT2D eigenvalue weighted by Crippen LogP contribution is 2.43. The highest BCUT2D eigenvalue weighted by atomic mass is 32.1. The summed E-state index contributed by atoms with van der Waals surface area (Å²) in [6.07, 6.45) is 2.80. The molecule has 4 aromatic rings. The first-order valence-electron chi connectivity index (χ1n) is 11.5. The van der Waals surface area contributed by atoms with Crippen LogP contribution < -0.4 is 10.2 Å². The number of benzene rings is 2. The number of pyridine rings is 1. The highest BCUT2D eigenvalue weighted by molar-refractivity contribution is 7.80. The minimum absolute atomic E-state index is 0.0877. The van der Waals surface area contributed by atoms with Crippen LogP contribution in [0.2, 0.25) is 0 Å². The SMILES string of the molecule is CCc1ccc(N2C(=S)N[C@@H](c3ccccn3)[C@H]2c2cc(C)n(-c3ccc(F)cc3)c2C)cc1. The van der Waals surface area contributed by atoms with Gasteiger partial charge in [0.15, 0.2) is 5.11 Å². The Labute approximate surface area is 205 Å². The second kappa shape index (κ2) is 9.03. The molecule has 1 N–H and O–H groups in total. The van der Waals surface area contributed by atoms with Crippen LogP contribution in [0.4, 0.5) is 10.1 Å². The maximum absolute atomic E-state index is 13.6. The molecule has 0 aliphatic carbocycles. The van der Waals surface area contributed by atoms with Crippen molar-refractivity contribution in [1.82, 2.24) is 14.9 Å². The lowest BCUT2D eigenvalue weighted by Gasteiger charge is -2.28. The van der Waals surface area contributed by atoms with Crippen LogP contribution in [0, 0.1) is 19.7 Å². The summed E-state index contributed by atoms with van der Waals surface area (Å²) in [6.45, 7) is 6.35. The fraction of sp³-hybridized carbons (Fsp3) is 0.214. The molecule has 172 valence electrons. The number of halogens is 1. The largest absolute Gasteiger partial charge is 0.351 e. The van der Waals surface area contributed by atoms with E-state index in [9.17, 15) is 4.39 Å². The van der Waals surface area contributed by atoms with Crippen molar-refractivity contribution < 1.29 is 4.39 Å². The number of nitrogens with zero attached hydrogens (tertiary/aromatic N) is 3. The minimum Gasteiger partial charge on any atom is -0.351 e. The predicted molar refractivity (Wildman–Crippen MR) is 139 cm³/mol. The topological polar surface area (TPSA) is 33.1 Å². The zero-order chi connectivity index (χ0) is 23.8. The van der Waals surface area contributed by atoms with Gasteiger partial charge in [-0.25, -0.2) is 4.39 Å². The molecule has 0 spiro atoms. The van der Waals surface area contributed by atoms with Crippen LogP contribution >= 0.6 is 12.2 Å². The Kier molecular flexibility index (Phi) is 5.92. The van der Waals surface area contributed by atoms with E-state index >= 15 is 0 Å². The van der Waals surface area contributed by atoms with E-state index < -0.39 is 0 Å². The van der Waals surface area contributed by atoms with Gasteiger partial charge in [-0.2, -0.15) is 0 Å². The molecule has 0 saturated carbocycles. The Morgan fingerprint density at radius 1 is 0.971 bits per heavy atom. The van der Waals surface area contributed by atoms with Gasteiger partial charge in [0.1, 0.15) is 5.82 Å². The van der Waals surface area contributed by atoms with Crippen molar-refractivity contribution in [2.45, 2.75) is 39.3 Å². The Morgan fingerprint density at radius 3 is 2.32 bits per heavy atom. The lowest BCUT2D eigenvalue weighted by atomic mass is 9.96. The monoisotopic (exact) mass is 470 g/mol. The molecule has 5 rings (SSSR count). The molecule has 4 nitrogen and oxygen atoms in total. The van der Waals surface area contributed by atoms with Crippen molar-refractivity contribution in [3.63, 3.8) is 0 Å². The molecule has 0 bridgehead atoms. The third kappa shape index (κ3) is 3.88. The van der Waals surface area contributed by atoms with Crippen molar-refractivity contribution in [3.05, 3.63) is 113 Å². The van der Waals surface area contributed by atoms with Crippen LogP contribution in [-0.2, 0) is 6.42 Å². The Hall–Kier alpha value is -3.51. The average Bonchev–Trinajstić information content (AvgIpc) is 3.35. The Bertz CT molecular complexity index is 1310. The summed E-state index contributed by atoms with van der Waals surface area (Å²) in [6, 6.07) is 23.2. The number of thiocarbonyl (C=S) groups is 1. The summed E-state index contributed by atoms with van der Waals surface area (Å²) in [7, 11) is 0. The van der Waals surface area contributed by atoms with Crippen LogP contribution in [0.15, 0.2) is 79.0 Å². The van der Waals surface area contributed by atoms with Gasteiger partial charge in [0, 0.05) is 29.0 Å². The number of nitrogens with one attached hydrogen (secondary N) is 1. The number of aromatic nitrogens is 2. The molecule has 2 atom stereocenters. The van der Waals surface area contributed by atoms with Crippen molar-refractivity contribution in [3.8, 4) is 5.69 Å². The fourth-order valence-electron chi connectivity index (χ4n) is 4.92. The van der Waals surface area contributed by atoms with Crippen molar-refractivity contribution >= 4 is 23.0 Å². The standard InChI is InChI=1S/C28H27FN4S/c1-4-20-8-12-23(13-9-20)33-27(26(31-28(33)34)25-7-5-6-16-30-25)24-17-18(2)32(19(24)3)22-14-10-21(29)11-15-22/h5-17,26-27H,4H2,1-3H3,(H,31,34)/t26-,27+/m0/s1. The highest BCUT2D eigenvalue weighted by Gasteiger charge is 2.42. The van der Waals surface area contributed by atoms with Gasteiger partial charge in [-0.1, -0.05) is 25.1 Å². The van der Waals surface area contributed by atoms with Crippen molar-refractivity contribution in [1.29, 1.82) is 0 Å². The predicted octanol–water partition coefficient (Wildman–Crippen LogP) is 6.37. The number of aryl methyl sites for hydroxylation is 2. The quantitative estimate of drug-likeness (QED) is 0.344. The average molecular weight is 471 g/mol. The zero-order valence-corrected chi connectivity index (χ0v) is 20.3. The molecule has 0 amide bonds. The molecule has 1 aliphatic rings. The second-order valence-corrected chi connectivity index (χ2v) is 9.04. The van der Waals surface area contributed by atoms with Crippen molar-refractivity contribution in [2.24, 2.45) is 0 Å². The lowest BCUT2D eigenvalue weighted by Crippen LogP contribution is -2.29. The minimum atomic E-state index is -0.242. The summed E-state index contributed by atoms with van der Waals surface area (Å²) in [5, 5.41) is 4.21. The molecular formula is C28H27FN4S. The molecule has 6 heteroatoms. The van der Waals surface area contributed by atoms with Gasteiger partial charge in [-0.05, 0) is 98.2 Å². The van der Waals surface area contributed by atoms with E-state index in [1.165, 1.54) is 17.7 Å². The number of hydrogen-bond acceptors (Lipinski definition) is 2. The molecule has 1 fully saturated rings. The van der Waals surface area contributed by atoms with E-state index in [1.807, 2.05) is 36.5 Å². The van der Waals surface area contributed by atoms with Crippen LogP contribution in [0.5, 0.6) is 0 Å². The molecule has 0 unspecified atom stereocenters.